The minimum atomic E-state index is -0.160. The molecule has 0 bridgehead atoms. The van der Waals surface area contributed by atoms with Gasteiger partial charge in [-0.1, -0.05) is 41.9 Å². The lowest BCUT2D eigenvalue weighted by atomic mass is 10.0. The number of halogens is 1. The number of carbonyl (C=O) groups excluding carboxylic acids is 1. The van der Waals surface area contributed by atoms with E-state index in [2.05, 4.69) is 5.32 Å². The lowest BCUT2D eigenvalue weighted by Crippen LogP contribution is -2.24. The zero-order valence-electron chi connectivity index (χ0n) is 16.2. The number of Topliss-reactive ketones (excluding diaryl/α,β-unsaturated/α-hetero) is 1. The van der Waals surface area contributed by atoms with Gasteiger partial charge in [-0.25, -0.2) is 0 Å². The number of rotatable bonds is 10. The number of ketones is 1. The number of ether oxygens (including phenoxy) is 3. The molecule has 0 aromatic heterocycles. The maximum atomic E-state index is 11.9. The molecule has 1 atom stereocenters. The average molecular weight is 392 g/mol. The van der Waals surface area contributed by atoms with Crippen LogP contribution in [0.5, 0.6) is 11.5 Å². The third-order valence-electron chi connectivity index (χ3n) is 4.26. The van der Waals surface area contributed by atoms with Crippen LogP contribution in [0.25, 0.3) is 0 Å². The van der Waals surface area contributed by atoms with Crippen LogP contribution in [0.1, 0.15) is 41.4 Å². The van der Waals surface area contributed by atoms with E-state index in [9.17, 15) is 4.79 Å². The molecule has 0 aliphatic carbocycles. The second kappa shape index (κ2) is 10.3. The minimum Gasteiger partial charge on any atom is -0.496 e. The van der Waals surface area contributed by atoms with E-state index < -0.39 is 0 Å². The minimum absolute atomic E-state index is 0.0679. The fraction of sp³-hybridized carbons (Fsp3) is 0.381. The molecule has 146 valence electrons. The Hall–Kier alpha value is -2.08. The Morgan fingerprint density at radius 1 is 1.19 bits per heavy atom. The Morgan fingerprint density at radius 2 is 1.89 bits per heavy atom. The lowest BCUT2D eigenvalue weighted by molar-refractivity contribution is 0.101. The van der Waals surface area contributed by atoms with Gasteiger partial charge >= 0.3 is 0 Å². The molecular formula is C21H26ClNO4. The highest BCUT2D eigenvalue weighted by molar-refractivity contribution is 6.33. The summed E-state index contributed by atoms with van der Waals surface area (Å²) in [6, 6.07) is 11.7. The molecule has 2 aromatic rings. The van der Waals surface area contributed by atoms with Gasteiger partial charge in [0.05, 0.1) is 32.5 Å². The Balaban J connectivity index is 2.01. The average Bonchev–Trinajstić information content (AvgIpc) is 2.67. The van der Waals surface area contributed by atoms with Gasteiger partial charge in [0.1, 0.15) is 11.3 Å². The highest BCUT2D eigenvalue weighted by Gasteiger charge is 2.23. The molecular weight excluding hydrogens is 366 g/mol. The summed E-state index contributed by atoms with van der Waals surface area (Å²) in [6.45, 7) is 5.25. The Morgan fingerprint density at radius 3 is 2.48 bits per heavy atom. The molecule has 0 fully saturated rings. The van der Waals surface area contributed by atoms with Gasteiger partial charge in [-0.15, -0.1) is 0 Å². The van der Waals surface area contributed by atoms with E-state index in [1.807, 2.05) is 37.3 Å². The van der Waals surface area contributed by atoms with Crippen molar-refractivity contribution in [2.45, 2.75) is 26.5 Å². The number of methoxy groups -OCH3 is 2. The number of carbonyl (C=O) groups is 1. The van der Waals surface area contributed by atoms with Gasteiger partial charge in [0.2, 0.25) is 0 Å². The highest BCUT2D eigenvalue weighted by Crippen LogP contribution is 2.41. The van der Waals surface area contributed by atoms with Gasteiger partial charge in [0, 0.05) is 12.6 Å². The van der Waals surface area contributed by atoms with Crippen LogP contribution in [0.2, 0.25) is 5.02 Å². The Bertz CT molecular complexity index is 765. The van der Waals surface area contributed by atoms with Gasteiger partial charge < -0.3 is 19.5 Å². The number of benzene rings is 2. The summed E-state index contributed by atoms with van der Waals surface area (Å²) in [6.07, 6.45) is 0. The molecule has 6 heteroatoms. The molecule has 2 rings (SSSR count). The van der Waals surface area contributed by atoms with Crippen LogP contribution in [0.4, 0.5) is 0 Å². The smallest absolute Gasteiger partial charge is 0.167 e. The molecule has 0 aliphatic heterocycles. The first kappa shape index (κ1) is 21.2. The van der Waals surface area contributed by atoms with Crippen LogP contribution in [0, 0.1) is 0 Å². The summed E-state index contributed by atoms with van der Waals surface area (Å²) >= 11 is 6.50. The topological polar surface area (TPSA) is 56.8 Å². The maximum Gasteiger partial charge on any atom is 0.167 e. The van der Waals surface area contributed by atoms with Crippen molar-refractivity contribution in [3.05, 3.63) is 58.1 Å². The van der Waals surface area contributed by atoms with E-state index in [1.165, 1.54) is 21.1 Å². The highest BCUT2D eigenvalue weighted by atomic mass is 35.5. The van der Waals surface area contributed by atoms with Crippen molar-refractivity contribution in [3.63, 3.8) is 0 Å². The first-order valence-electron chi connectivity index (χ1n) is 8.80. The third-order valence-corrected chi connectivity index (χ3v) is 4.65. The summed E-state index contributed by atoms with van der Waals surface area (Å²) in [5, 5.41) is 3.78. The predicted octanol–water partition coefficient (Wildman–Crippen LogP) is 4.43. The first-order chi connectivity index (χ1) is 13.0. The van der Waals surface area contributed by atoms with Gasteiger partial charge in [-0.05, 0) is 31.0 Å². The summed E-state index contributed by atoms with van der Waals surface area (Å²) < 4.78 is 16.4. The standard InChI is InChI=1S/C21H26ClNO4/c1-14(23-10-11-27-13-16-8-6-5-7-9-16)17-12-18(25-3)19(15(2)24)21(26-4)20(17)22/h5-9,12,14,23H,10-11,13H2,1-4H3. The molecule has 1 N–H and O–H groups in total. The van der Waals surface area contributed by atoms with Gasteiger partial charge in [-0.2, -0.15) is 0 Å². The van der Waals surface area contributed by atoms with E-state index in [4.69, 9.17) is 25.8 Å². The fourth-order valence-corrected chi connectivity index (χ4v) is 3.24. The molecule has 27 heavy (non-hydrogen) atoms. The SMILES string of the molecule is COc1cc(C(C)NCCOCc2ccccc2)c(Cl)c(OC)c1C(C)=O. The molecule has 1 unspecified atom stereocenters. The number of nitrogens with one attached hydrogen (secondary N) is 1. The van der Waals surface area contributed by atoms with Gasteiger partial charge in [0.25, 0.3) is 0 Å². The van der Waals surface area contributed by atoms with Gasteiger partial charge in [0.15, 0.2) is 11.5 Å². The molecule has 0 saturated heterocycles. The van der Waals surface area contributed by atoms with Crippen LogP contribution < -0.4 is 14.8 Å². The molecule has 0 spiro atoms. The molecule has 2 aromatic carbocycles. The van der Waals surface area contributed by atoms with Crippen LogP contribution in [-0.4, -0.2) is 33.2 Å². The summed E-state index contributed by atoms with van der Waals surface area (Å²) in [5.41, 5.74) is 2.30. The molecule has 0 saturated carbocycles. The van der Waals surface area contributed by atoms with Crippen LogP contribution >= 0.6 is 11.6 Å². The van der Waals surface area contributed by atoms with Crippen molar-refractivity contribution >= 4 is 17.4 Å². The zero-order chi connectivity index (χ0) is 19.8. The summed E-state index contributed by atoms with van der Waals surface area (Å²) in [5.74, 6) is 0.632. The van der Waals surface area contributed by atoms with Crippen molar-refractivity contribution < 1.29 is 19.0 Å². The Kier molecular flexibility index (Phi) is 8.10. The van der Waals surface area contributed by atoms with Crippen LogP contribution in [0.15, 0.2) is 36.4 Å². The van der Waals surface area contributed by atoms with E-state index >= 15 is 0 Å². The van der Waals surface area contributed by atoms with Crippen molar-refractivity contribution in [2.24, 2.45) is 0 Å². The third kappa shape index (κ3) is 5.45. The summed E-state index contributed by atoms with van der Waals surface area (Å²) in [7, 11) is 3.01. The predicted molar refractivity (Wildman–Crippen MR) is 107 cm³/mol. The van der Waals surface area contributed by atoms with E-state index in [0.717, 1.165) is 11.1 Å². The van der Waals surface area contributed by atoms with Crippen molar-refractivity contribution in [2.75, 3.05) is 27.4 Å². The quantitative estimate of drug-likeness (QED) is 0.479. The van der Waals surface area contributed by atoms with Crippen LogP contribution in [-0.2, 0) is 11.3 Å². The molecule has 0 heterocycles. The van der Waals surface area contributed by atoms with Crippen molar-refractivity contribution in [1.29, 1.82) is 0 Å². The molecule has 0 radical (unpaired) electrons. The lowest BCUT2D eigenvalue weighted by Gasteiger charge is -2.21. The number of hydrogen-bond acceptors (Lipinski definition) is 5. The zero-order valence-corrected chi connectivity index (χ0v) is 16.9. The van der Waals surface area contributed by atoms with E-state index in [-0.39, 0.29) is 11.8 Å². The van der Waals surface area contributed by atoms with Gasteiger partial charge in [-0.3, -0.25) is 4.79 Å². The summed E-state index contributed by atoms with van der Waals surface area (Å²) in [4.78, 5) is 11.9. The first-order valence-corrected chi connectivity index (χ1v) is 9.17. The monoisotopic (exact) mass is 391 g/mol. The molecule has 0 aliphatic rings. The Labute approximate surface area is 165 Å². The number of hydrogen-bond donors (Lipinski definition) is 1. The van der Waals surface area contributed by atoms with E-state index in [0.29, 0.717) is 41.8 Å². The molecule has 0 amide bonds. The largest absolute Gasteiger partial charge is 0.496 e. The fourth-order valence-electron chi connectivity index (χ4n) is 2.85. The van der Waals surface area contributed by atoms with Crippen molar-refractivity contribution in [3.8, 4) is 11.5 Å². The second-order valence-electron chi connectivity index (χ2n) is 6.16. The van der Waals surface area contributed by atoms with Crippen molar-refractivity contribution in [1.82, 2.24) is 5.32 Å². The van der Waals surface area contributed by atoms with E-state index in [1.54, 1.807) is 6.07 Å². The normalized spacial score (nSPS) is 11.9. The van der Waals surface area contributed by atoms with Crippen LogP contribution in [0.3, 0.4) is 0 Å². The molecule has 5 nitrogen and oxygen atoms in total. The maximum absolute atomic E-state index is 11.9. The second-order valence-corrected chi connectivity index (χ2v) is 6.54.